The van der Waals surface area contributed by atoms with Crippen LogP contribution in [0.4, 0.5) is 0 Å². The molecule has 0 bridgehead atoms. The Hall–Kier alpha value is -2.54. The van der Waals surface area contributed by atoms with E-state index in [1.54, 1.807) is 36.9 Å². The highest BCUT2D eigenvalue weighted by Gasteiger charge is 2.18. The standard InChI is InChI=1S/C17H21NO6/c1-11(10-21-2)24-16(20)8-18-7-12(9-19)17-14(18)5-13(22-3)6-15(17)23-4/h5-7,9,11H,8,10H2,1-4H3. The van der Waals surface area contributed by atoms with E-state index in [4.69, 9.17) is 18.9 Å². The van der Waals surface area contributed by atoms with Gasteiger partial charge in [0, 0.05) is 31.0 Å². The highest BCUT2D eigenvalue weighted by atomic mass is 16.6. The molecule has 0 N–H and O–H groups in total. The van der Waals surface area contributed by atoms with E-state index in [1.807, 2.05) is 0 Å². The van der Waals surface area contributed by atoms with Gasteiger partial charge in [-0.3, -0.25) is 9.59 Å². The maximum Gasteiger partial charge on any atom is 0.326 e. The second-order valence-corrected chi connectivity index (χ2v) is 5.31. The first kappa shape index (κ1) is 17.8. The molecule has 0 aliphatic rings. The van der Waals surface area contributed by atoms with Crippen LogP contribution < -0.4 is 9.47 Å². The third-order valence-corrected chi connectivity index (χ3v) is 3.56. The molecule has 1 unspecified atom stereocenters. The number of fused-ring (bicyclic) bond motifs is 1. The molecule has 0 radical (unpaired) electrons. The van der Waals surface area contributed by atoms with E-state index in [9.17, 15) is 9.59 Å². The summed E-state index contributed by atoms with van der Waals surface area (Å²) in [7, 11) is 4.59. The number of ether oxygens (including phenoxy) is 4. The number of nitrogens with zero attached hydrogens (tertiary/aromatic N) is 1. The topological polar surface area (TPSA) is 76.0 Å². The van der Waals surface area contributed by atoms with Gasteiger partial charge in [0.05, 0.1) is 31.7 Å². The highest BCUT2D eigenvalue weighted by Crippen LogP contribution is 2.34. The molecule has 0 aliphatic carbocycles. The van der Waals surface area contributed by atoms with E-state index in [2.05, 4.69) is 0 Å². The Morgan fingerprint density at radius 2 is 2.00 bits per heavy atom. The van der Waals surface area contributed by atoms with Crippen molar-refractivity contribution in [1.82, 2.24) is 4.57 Å². The van der Waals surface area contributed by atoms with Crippen molar-refractivity contribution in [1.29, 1.82) is 0 Å². The van der Waals surface area contributed by atoms with Crippen molar-refractivity contribution in [2.75, 3.05) is 27.9 Å². The Morgan fingerprint density at radius 1 is 1.25 bits per heavy atom. The number of hydrogen-bond donors (Lipinski definition) is 0. The molecule has 7 heteroatoms. The maximum absolute atomic E-state index is 12.1. The van der Waals surface area contributed by atoms with Crippen molar-refractivity contribution in [3.05, 3.63) is 23.9 Å². The smallest absolute Gasteiger partial charge is 0.326 e. The predicted molar refractivity (Wildman–Crippen MR) is 87.9 cm³/mol. The summed E-state index contributed by atoms with van der Waals surface area (Å²) in [6.07, 6.45) is 1.98. The average Bonchev–Trinajstić information content (AvgIpc) is 2.91. The van der Waals surface area contributed by atoms with Gasteiger partial charge >= 0.3 is 5.97 Å². The van der Waals surface area contributed by atoms with Gasteiger partial charge in [-0.25, -0.2) is 0 Å². The van der Waals surface area contributed by atoms with Crippen LogP contribution in [0.25, 0.3) is 10.9 Å². The first-order valence-electron chi connectivity index (χ1n) is 7.42. The Morgan fingerprint density at radius 3 is 2.58 bits per heavy atom. The summed E-state index contributed by atoms with van der Waals surface area (Å²) in [5.41, 5.74) is 1.09. The summed E-state index contributed by atoms with van der Waals surface area (Å²) in [5.74, 6) is 0.652. The van der Waals surface area contributed by atoms with Crippen LogP contribution in [-0.2, 0) is 20.8 Å². The minimum atomic E-state index is -0.421. The fourth-order valence-corrected chi connectivity index (χ4v) is 2.56. The first-order valence-corrected chi connectivity index (χ1v) is 7.42. The highest BCUT2D eigenvalue weighted by molar-refractivity contribution is 6.02. The first-order chi connectivity index (χ1) is 11.5. The molecular weight excluding hydrogens is 314 g/mol. The third kappa shape index (κ3) is 3.68. The van der Waals surface area contributed by atoms with Crippen LogP contribution in [0.15, 0.2) is 18.3 Å². The summed E-state index contributed by atoms with van der Waals surface area (Å²) in [5, 5.41) is 0.631. The average molecular weight is 335 g/mol. The molecule has 0 saturated carbocycles. The SMILES string of the molecule is COCC(C)OC(=O)Cn1cc(C=O)c2c(OC)cc(OC)cc21. The second-order valence-electron chi connectivity index (χ2n) is 5.31. The Kier molecular flexibility index (Phi) is 5.81. The van der Waals surface area contributed by atoms with Crippen molar-refractivity contribution in [3.8, 4) is 11.5 Å². The molecule has 2 aromatic rings. The molecule has 2 rings (SSSR count). The fourth-order valence-electron chi connectivity index (χ4n) is 2.56. The van der Waals surface area contributed by atoms with Crippen LogP contribution in [-0.4, -0.2) is 50.9 Å². The van der Waals surface area contributed by atoms with Crippen molar-refractivity contribution in [2.24, 2.45) is 0 Å². The predicted octanol–water partition coefficient (Wildman–Crippen LogP) is 2.05. The van der Waals surface area contributed by atoms with Gasteiger partial charge in [0.25, 0.3) is 0 Å². The van der Waals surface area contributed by atoms with Crippen LogP contribution in [0.5, 0.6) is 11.5 Å². The summed E-state index contributed by atoms with van der Waals surface area (Å²) in [6.45, 7) is 2.03. The molecule has 1 aromatic carbocycles. The quantitative estimate of drug-likeness (QED) is 0.543. The van der Waals surface area contributed by atoms with Gasteiger partial charge in [-0.2, -0.15) is 0 Å². The van der Waals surface area contributed by atoms with Crippen molar-refractivity contribution in [3.63, 3.8) is 0 Å². The zero-order chi connectivity index (χ0) is 17.7. The lowest BCUT2D eigenvalue weighted by molar-refractivity contribution is -0.151. The number of benzene rings is 1. The van der Waals surface area contributed by atoms with Gasteiger partial charge in [-0.05, 0) is 6.92 Å². The Bertz CT molecular complexity index is 736. The molecule has 0 spiro atoms. The van der Waals surface area contributed by atoms with Gasteiger partial charge < -0.3 is 23.5 Å². The molecule has 24 heavy (non-hydrogen) atoms. The minimum Gasteiger partial charge on any atom is -0.497 e. The molecule has 1 atom stereocenters. The number of aldehydes is 1. The summed E-state index contributed by atoms with van der Waals surface area (Å²) < 4.78 is 22.4. The van der Waals surface area contributed by atoms with E-state index in [1.165, 1.54) is 14.2 Å². The minimum absolute atomic E-state index is 0.0330. The molecule has 130 valence electrons. The maximum atomic E-state index is 12.1. The lowest BCUT2D eigenvalue weighted by Crippen LogP contribution is -2.22. The fraction of sp³-hybridized carbons (Fsp3) is 0.412. The van der Waals surface area contributed by atoms with Crippen LogP contribution in [0, 0.1) is 0 Å². The number of carbonyl (C=O) groups excluding carboxylic acids is 2. The summed E-state index contributed by atoms with van der Waals surface area (Å²) >= 11 is 0. The number of esters is 1. The van der Waals surface area contributed by atoms with E-state index in [-0.39, 0.29) is 12.6 Å². The van der Waals surface area contributed by atoms with Crippen molar-refractivity contribution in [2.45, 2.75) is 19.6 Å². The number of carbonyl (C=O) groups is 2. The molecule has 0 fully saturated rings. The summed E-state index contributed by atoms with van der Waals surface area (Å²) in [4.78, 5) is 23.5. The lowest BCUT2D eigenvalue weighted by Gasteiger charge is -2.13. The number of aromatic nitrogens is 1. The molecule has 0 saturated heterocycles. The zero-order valence-electron chi connectivity index (χ0n) is 14.2. The van der Waals surface area contributed by atoms with Gasteiger partial charge in [0.1, 0.15) is 24.1 Å². The zero-order valence-corrected chi connectivity index (χ0v) is 14.2. The van der Waals surface area contributed by atoms with Gasteiger partial charge in [-0.1, -0.05) is 0 Å². The number of rotatable bonds is 8. The van der Waals surface area contributed by atoms with Crippen molar-refractivity contribution < 1.29 is 28.5 Å². The molecule has 7 nitrogen and oxygen atoms in total. The molecular formula is C17H21NO6. The molecule has 1 heterocycles. The van der Waals surface area contributed by atoms with Crippen LogP contribution >= 0.6 is 0 Å². The van der Waals surface area contributed by atoms with Crippen LogP contribution in [0.3, 0.4) is 0 Å². The molecule has 0 aliphatic heterocycles. The number of methoxy groups -OCH3 is 3. The Balaban J connectivity index is 2.39. The monoisotopic (exact) mass is 335 g/mol. The van der Waals surface area contributed by atoms with Crippen molar-refractivity contribution >= 4 is 23.2 Å². The Labute approximate surface area is 140 Å². The van der Waals surface area contributed by atoms with Gasteiger partial charge in [0.2, 0.25) is 0 Å². The summed E-state index contributed by atoms with van der Waals surface area (Å²) in [6, 6.07) is 3.44. The van der Waals surface area contributed by atoms with Gasteiger partial charge in [0.15, 0.2) is 6.29 Å². The van der Waals surface area contributed by atoms with Crippen LogP contribution in [0.2, 0.25) is 0 Å². The van der Waals surface area contributed by atoms with E-state index < -0.39 is 5.97 Å². The van der Waals surface area contributed by atoms with Gasteiger partial charge in [-0.15, -0.1) is 0 Å². The third-order valence-electron chi connectivity index (χ3n) is 3.56. The van der Waals surface area contributed by atoms with E-state index >= 15 is 0 Å². The normalized spacial score (nSPS) is 12.0. The largest absolute Gasteiger partial charge is 0.497 e. The second kappa shape index (κ2) is 7.83. The lowest BCUT2D eigenvalue weighted by atomic mass is 10.1. The molecule has 1 aromatic heterocycles. The van der Waals surface area contributed by atoms with E-state index in [0.717, 1.165) is 6.29 Å². The molecule has 0 amide bonds. The number of hydrogen-bond acceptors (Lipinski definition) is 6. The van der Waals surface area contributed by atoms with Crippen LogP contribution in [0.1, 0.15) is 17.3 Å². The van der Waals surface area contributed by atoms with E-state index in [0.29, 0.717) is 34.6 Å².